The van der Waals surface area contributed by atoms with Gasteiger partial charge >= 0.3 is 37.9 Å². The third-order valence-corrected chi connectivity index (χ3v) is 11.6. The molecule has 0 saturated carbocycles. The van der Waals surface area contributed by atoms with Gasteiger partial charge in [-0.1, -0.05) is 182 Å². The average Bonchev–Trinajstić information content (AvgIpc) is 3.80. The Kier molecular flexibility index (Phi) is 23.3. The monoisotopic (exact) mass is 964 g/mol. The molecule has 0 amide bonds. The van der Waals surface area contributed by atoms with E-state index in [1.165, 1.54) is 101 Å². The summed E-state index contributed by atoms with van der Waals surface area (Å²) in [5.74, 6) is 3.55. The Balaban J connectivity index is 0.000000293. The van der Waals surface area contributed by atoms with E-state index in [-0.39, 0.29) is 0 Å². The first-order valence-electron chi connectivity index (χ1n) is 23.7. The fraction of sp³-hybridized carbons (Fsp3) is 0.483. The number of hydrogen-bond acceptors (Lipinski definition) is 0. The predicted octanol–water partition coefficient (Wildman–Crippen LogP) is 19.4. The summed E-state index contributed by atoms with van der Waals surface area (Å²) in [6.45, 7) is 36.6. The van der Waals surface area contributed by atoms with E-state index in [0.717, 1.165) is 35.2 Å². The van der Waals surface area contributed by atoms with Gasteiger partial charge in [0.05, 0.1) is 0 Å². The van der Waals surface area contributed by atoms with Crippen LogP contribution in [0.5, 0.6) is 0 Å². The molecule has 0 spiro atoms. The van der Waals surface area contributed by atoms with Crippen LogP contribution in [0.25, 0.3) is 43.8 Å². The third-order valence-electron chi connectivity index (χ3n) is 11.6. The zero-order chi connectivity index (χ0) is 46.3. The first kappa shape index (κ1) is 54.1. The Morgan fingerprint density at radius 2 is 0.774 bits per heavy atom. The van der Waals surface area contributed by atoms with Crippen LogP contribution < -0.4 is 0 Å². The Morgan fingerprint density at radius 3 is 1.02 bits per heavy atom. The molecule has 0 nitrogen and oxygen atoms in total. The van der Waals surface area contributed by atoms with Crippen molar-refractivity contribution in [2.75, 3.05) is 0 Å². The number of fused-ring (bicyclic) bond motifs is 2. The average molecular weight is 967 g/mol. The van der Waals surface area contributed by atoms with E-state index in [0.29, 0.717) is 35.5 Å². The van der Waals surface area contributed by atoms with Gasteiger partial charge in [-0.25, -0.2) is 0 Å². The van der Waals surface area contributed by atoms with Crippen molar-refractivity contribution in [3.05, 3.63) is 129 Å². The Hall–Kier alpha value is -2.22. The minimum absolute atomic E-state index is 0.544. The van der Waals surface area contributed by atoms with Crippen LogP contribution in [0.3, 0.4) is 0 Å². The van der Waals surface area contributed by atoms with Gasteiger partial charge in [-0.15, -0.1) is 69.1 Å². The predicted molar refractivity (Wildman–Crippen MR) is 281 cm³/mol. The number of rotatable bonds is 14. The molecular weight excluding hydrogens is 887 g/mol. The second kappa shape index (κ2) is 26.7. The topological polar surface area (TPSA) is 0 Å². The van der Waals surface area contributed by atoms with E-state index in [1.54, 1.807) is 0 Å². The normalized spacial score (nSPS) is 11.4. The van der Waals surface area contributed by atoms with Crippen molar-refractivity contribution < 1.29 is 20.8 Å². The van der Waals surface area contributed by atoms with Gasteiger partial charge in [-0.05, 0) is 94.6 Å². The van der Waals surface area contributed by atoms with Crippen LogP contribution in [0.4, 0.5) is 0 Å². The van der Waals surface area contributed by atoms with E-state index < -0.39 is 20.8 Å². The molecule has 0 atom stereocenters. The number of aryl methyl sites for hydroxylation is 2. The van der Waals surface area contributed by atoms with Crippen molar-refractivity contribution >= 4 is 48.1 Å². The molecule has 0 heterocycles. The van der Waals surface area contributed by atoms with E-state index in [1.807, 2.05) is 0 Å². The van der Waals surface area contributed by atoms with Crippen LogP contribution >= 0.6 is 17.0 Å². The van der Waals surface area contributed by atoms with Crippen LogP contribution in [0.1, 0.15) is 178 Å². The molecule has 0 unspecified atom stereocenters. The van der Waals surface area contributed by atoms with Gasteiger partial charge in [0, 0.05) is 9.52 Å². The molecule has 62 heavy (non-hydrogen) atoms. The first-order valence-corrected chi connectivity index (χ1v) is 32.0. The molecule has 0 aliphatic heterocycles. The van der Waals surface area contributed by atoms with E-state index in [2.05, 4.69) is 195 Å². The molecule has 0 aromatic heterocycles. The van der Waals surface area contributed by atoms with E-state index in [4.69, 9.17) is 17.0 Å². The summed E-state index contributed by atoms with van der Waals surface area (Å²) in [4.78, 5) is 0. The number of halogens is 2. The summed E-state index contributed by atoms with van der Waals surface area (Å²) >= 11 is -0.826. The maximum atomic E-state index is 4.93. The van der Waals surface area contributed by atoms with Crippen molar-refractivity contribution in [3.63, 3.8) is 0 Å². The van der Waals surface area contributed by atoms with Gasteiger partial charge in [0.2, 0.25) is 0 Å². The molecule has 6 aromatic carbocycles. The molecular formula is C58H80Cl2SiZr. The van der Waals surface area contributed by atoms with Crippen LogP contribution in [-0.4, -0.2) is 9.52 Å². The summed E-state index contributed by atoms with van der Waals surface area (Å²) in [7, 11) is 11.0. The fourth-order valence-electron chi connectivity index (χ4n) is 8.57. The SMILES string of the molecule is CCCc1ccc2[cH-]c(CC(C)C)cc2c1-c1cc(C(C)C)cc(C(C)C)c1.CCCc1ccc2[cH-]c(CC(C)C)cc2c1-c1cc(C(C)C)cc(C(C)C)c1.C[Si]C.[Cl][Zr+2][Cl]. The summed E-state index contributed by atoms with van der Waals surface area (Å²) in [5, 5.41) is 5.67. The van der Waals surface area contributed by atoms with E-state index in [9.17, 15) is 0 Å². The molecule has 334 valence electrons. The second-order valence-corrected chi connectivity index (χ2v) is 24.3. The molecule has 6 aromatic rings. The molecule has 0 fully saturated rings. The summed E-state index contributed by atoms with van der Waals surface area (Å²) < 4.78 is 0. The Morgan fingerprint density at radius 1 is 0.484 bits per heavy atom. The van der Waals surface area contributed by atoms with Gasteiger partial charge < -0.3 is 0 Å². The maximum absolute atomic E-state index is 4.93. The minimum atomic E-state index is -0.826. The summed E-state index contributed by atoms with van der Waals surface area (Å²) in [6.07, 6.45) is 6.94. The number of hydrogen-bond donors (Lipinski definition) is 0. The van der Waals surface area contributed by atoms with Gasteiger partial charge in [0.1, 0.15) is 0 Å². The third kappa shape index (κ3) is 15.5. The van der Waals surface area contributed by atoms with Crippen LogP contribution in [0.15, 0.2) is 84.9 Å². The molecule has 0 N–H and O–H groups in total. The molecule has 4 heteroatoms. The van der Waals surface area contributed by atoms with Crippen molar-refractivity contribution in [1.82, 2.24) is 0 Å². The standard InChI is InChI=1S/2C28H37.C2H6Si.2ClH.Zr/c2*1-8-9-22-10-11-23-13-21(12-18(2)3)14-27(23)28(22)26-16-24(19(4)5)15-25(17-26)20(6)7;1-3-2;;;/h2*10-11,13-20H,8-9,12H2,1-7H3;1-2H3;2*1H;/q2*-1;;;;+4/p-2. The molecule has 0 saturated heterocycles. The van der Waals surface area contributed by atoms with Crippen molar-refractivity contribution in [1.29, 1.82) is 0 Å². The zero-order valence-electron chi connectivity index (χ0n) is 41.5. The van der Waals surface area contributed by atoms with Crippen molar-refractivity contribution in [2.45, 2.75) is 172 Å². The molecule has 0 aliphatic rings. The Bertz CT molecular complexity index is 2030. The van der Waals surface area contributed by atoms with Gasteiger partial charge in [-0.3, -0.25) is 0 Å². The molecule has 0 bridgehead atoms. The van der Waals surface area contributed by atoms with Crippen LogP contribution in [0, 0.1) is 11.8 Å². The fourth-order valence-corrected chi connectivity index (χ4v) is 8.57. The van der Waals surface area contributed by atoms with Crippen molar-refractivity contribution in [3.8, 4) is 22.3 Å². The van der Waals surface area contributed by atoms with Gasteiger partial charge in [0.15, 0.2) is 0 Å². The quantitative estimate of drug-likeness (QED) is 0.0754. The number of benzene rings is 4. The molecule has 6 rings (SSSR count). The summed E-state index contributed by atoms with van der Waals surface area (Å²) in [5.41, 5.74) is 17.5. The zero-order valence-corrected chi connectivity index (χ0v) is 46.5. The summed E-state index contributed by atoms with van der Waals surface area (Å²) in [6, 6.07) is 33.7. The Labute approximate surface area is 401 Å². The van der Waals surface area contributed by atoms with Crippen LogP contribution in [-0.2, 0) is 46.5 Å². The first-order chi connectivity index (χ1) is 29.4. The van der Waals surface area contributed by atoms with Crippen LogP contribution in [0.2, 0.25) is 13.1 Å². The molecule has 0 aliphatic carbocycles. The molecule has 2 radical (unpaired) electrons. The second-order valence-electron chi connectivity index (χ2n) is 19.6. The van der Waals surface area contributed by atoms with E-state index >= 15 is 0 Å². The van der Waals surface area contributed by atoms with Gasteiger partial charge in [-0.2, -0.15) is 12.1 Å². The van der Waals surface area contributed by atoms with Crippen molar-refractivity contribution in [2.24, 2.45) is 11.8 Å². The van der Waals surface area contributed by atoms with Gasteiger partial charge in [0.25, 0.3) is 0 Å².